The molecule has 2 aliphatic rings. The van der Waals surface area contributed by atoms with Gasteiger partial charge < -0.3 is 20.7 Å². The normalized spacial score (nSPS) is 24.2. The van der Waals surface area contributed by atoms with Crippen molar-refractivity contribution < 1.29 is 9.90 Å². The molecule has 2 unspecified atom stereocenters. The number of hydrogen-bond donors (Lipinski definition) is 3. The van der Waals surface area contributed by atoms with Crippen molar-refractivity contribution in [3.63, 3.8) is 0 Å². The number of fused-ring (bicyclic) bond motifs is 1. The number of carboxylic acid groups (broad SMARTS) is 1. The van der Waals surface area contributed by atoms with Crippen LogP contribution < -0.4 is 16.2 Å². The summed E-state index contributed by atoms with van der Waals surface area (Å²) in [5, 5.41) is 9.11. The van der Waals surface area contributed by atoms with Crippen LogP contribution in [-0.2, 0) is 6.42 Å². The Kier molecular flexibility index (Phi) is 3.47. The Bertz CT molecular complexity index is 903. The van der Waals surface area contributed by atoms with Crippen LogP contribution in [0.1, 0.15) is 29.3 Å². The number of benzene rings is 1. The second-order valence-electron chi connectivity index (χ2n) is 7.13. The summed E-state index contributed by atoms with van der Waals surface area (Å²) in [5.41, 5.74) is 8.98. The van der Waals surface area contributed by atoms with E-state index < -0.39 is 11.5 Å². The number of H-pyrrole nitrogens is 1. The maximum atomic E-state index is 12.0. The summed E-state index contributed by atoms with van der Waals surface area (Å²) in [4.78, 5) is 28.2. The van der Waals surface area contributed by atoms with Gasteiger partial charge in [-0.15, -0.1) is 0 Å². The van der Waals surface area contributed by atoms with E-state index in [1.165, 1.54) is 6.07 Å². The summed E-state index contributed by atoms with van der Waals surface area (Å²) in [6.45, 7) is 3.83. The molecule has 1 aromatic heterocycles. The van der Waals surface area contributed by atoms with Gasteiger partial charge in [-0.3, -0.25) is 4.79 Å². The van der Waals surface area contributed by atoms with E-state index >= 15 is 0 Å². The molecular weight excluding hydrogens is 318 g/mol. The Balaban J connectivity index is 1.65. The average Bonchev–Trinajstić information content (AvgIpc) is 3.11. The number of aromatic nitrogens is 1. The van der Waals surface area contributed by atoms with E-state index in [2.05, 4.69) is 9.88 Å². The summed E-state index contributed by atoms with van der Waals surface area (Å²) >= 11 is 0. The standard InChI is InChI=1S/C19H21N3O3/c1-2-11-7-15(18(24)25)17(23)21-16(11)12-3-5-14(6-4-12)22-9-13-8-19(13,20)10-22/h3-7,13H,2,8-10,20H2,1H3,(H,21,23)(H,24,25). The molecule has 4 N–H and O–H groups in total. The van der Waals surface area contributed by atoms with Crippen LogP contribution in [0, 0.1) is 5.92 Å². The number of carboxylic acids is 1. The van der Waals surface area contributed by atoms with Crippen LogP contribution in [0.2, 0.25) is 0 Å². The summed E-state index contributed by atoms with van der Waals surface area (Å²) in [7, 11) is 0. The third-order valence-electron chi connectivity index (χ3n) is 5.46. The predicted molar refractivity (Wildman–Crippen MR) is 96.1 cm³/mol. The number of aromatic amines is 1. The zero-order valence-electron chi connectivity index (χ0n) is 14.1. The van der Waals surface area contributed by atoms with Crippen LogP contribution in [0.5, 0.6) is 0 Å². The zero-order valence-corrected chi connectivity index (χ0v) is 14.1. The van der Waals surface area contributed by atoms with E-state index in [-0.39, 0.29) is 11.1 Å². The van der Waals surface area contributed by atoms with E-state index in [1.807, 2.05) is 31.2 Å². The molecule has 2 atom stereocenters. The Morgan fingerprint density at radius 1 is 1.40 bits per heavy atom. The first kappa shape index (κ1) is 15.9. The number of aryl methyl sites for hydroxylation is 1. The first-order chi connectivity index (χ1) is 11.9. The molecule has 1 aliphatic carbocycles. The SMILES string of the molecule is CCc1cc(C(=O)O)c(=O)[nH]c1-c1ccc(N2CC3CC3(N)C2)cc1. The first-order valence-electron chi connectivity index (χ1n) is 8.55. The molecule has 2 heterocycles. The van der Waals surface area contributed by atoms with Gasteiger partial charge in [0.2, 0.25) is 0 Å². The highest BCUT2D eigenvalue weighted by molar-refractivity contribution is 5.88. The van der Waals surface area contributed by atoms with Gasteiger partial charge in [0.05, 0.1) is 5.69 Å². The highest BCUT2D eigenvalue weighted by atomic mass is 16.4. The predicted octanol–water partition coefficient (Wildman–Crippen LogP) is 1.84. The molecule has 2 fully saturated rings. The van der Waals surface area contributed by atoms with E-state index in [0.29, 0.717) is 18.0 Å². The fraction of sp³-hybridized carbons (Fsp3) is 0.368. The summed E-state index contributed by atoms with van der Waals surface area (Å²) in [6.07, 6.45) is 1.76. The molecule has 25 heavy (non-hydrogen) atoms. The number of piperidine rings is 1. The molecule has 1 saturated heterocycles. The maximum absolute atomic E-state index is 12.0. The third kappa shape index (κ3) is 2.62. The quantitative estimate of drug-likeness (QED) is 0.789. The largest absolute Gasteiger partial charge is 0.477 e. The molecule has 2 aromatic rings. The molecule has 1 saturated carbocycles. The van der Waals surface area contributed by atoms with Crippen LogP contribution in [0.25, 0.3) is 11.3 Å². The first-order valence-corrected chi connectivity index (χ1v) is 8.55. The van der Waals surface area contributed by atoms with Crippen molar-refractivity contribution in [2.45, 2.75) is 25.3 Å². The number of carbonyl (C=O) groups is 1. The topological polar surface area (TPSA) is 99.4 Å². The minimum Gasteiger partial charge on any atom is -0.477 e. The Labute approximate surface area is 145 Å². The zero-order chi connectivity index (χ0) is 17.8. The number of nitrogens with zero attached hydrogens (tertiary/aromatic N) is 1. The van der Waals surface area contributed by atoms with E-state index in [4.69, 9.17) is 10.8 Å². The lowest BCUT2D eigenvalue weighted by Gasteiger charge is -2.22. The van der Waals surface area contributed by atoms with Gasteiger partial charge >= 0.3 is 5.97 Å². The fourth-order valence-electron chi connectivity index (χ4n) is 3.83. The summed E-state index contributed by atoms with van der Waals surface area (Å²) in [5.74, 6) is -0.597. The smallest absolute Gasteiger partial charge is 0.341 e. The van der Waals surface area contributed by atoms with Gasteiger partial charge in [0, 0.05) is 24.3 Å². The van der Waals surface area contributed by atoms with Gasteiger partial charge in [0.1, 0.15) is 5.56 Å². The van der Waals surface area contributed by atoms with Crippen molar-refractivity contribution in [2.24, 2.45) is 11.7 Å². The van der Waals surface area contributed by atoms with Crippen molar-refractivity contribution in [3.8, 4) is 11.3 Å². The maximum Gasteiger partial charge on any atom is 0.341 e. The number of rotatable bonds is 4. The molecule has 0 bridgehead atoms. The summed E-state index contributed by atoms with van der Waals surface area (Å²) in [6, 6.07) is 9.47. The van der Waals surface area contributed by atoms with Gasteiger partial charge in [-0.1, -0.05) is 19.1 Å². The van der Waals surface area contributed by atoms with Crippen molar-refractivity contribution >= 4 is 11.7 Å². The molecule has 0 amide bonds. The van der Waals surface area contributed by atoms with Crippen LogP contribution in [0.15, 0.2) is 35.1 Å². The van der Waals surface area contributed by atoms with Gasteiger partial charge in [-0.05, 0) is 48.1 Å². The van der Waals surface area contributed by atoms with Gasteiger partial charge in [-0.2, -0.15) is 0 Å². The number of anilines is 1. The minimum atomic E-state index is -1.21. The van der Waals surface area contributed by atoms with Gasteiger partial charge in [0.15, 0.2) is 0 Å². The lowest BCUT2D eigenvalue weighted by atomic mass is 10.0. The Hall–Kier alpha value is -2.60. The second-order valence-corrected chi connectivity index (χ2v) is 7.13. The lowest BCUT2D eigenvalue weighted by molar-refractivity contribution is 0.0695. The molecule has 130 valence electrons. The van der Waals surface area contributed by atoms with Crippen LogP contribution >= 0.6 is 0 Å². The minimum absolute atomic E-state index is 0.00590. The third-order valence-corrected chi connectivity index (χ3v) is 5.46. The van der Waals surface area contributed by atoms with Gasteiger partial charge in [-0.25, -0.2) is 4.79 Å². The number of pyridine rings is 1. The fourth-order valence-corrected chi connectivity index (χ4v) is 3.83. The molecule has 1 aliphatic heterocycles. The molecule has 4 rings (SSSR count). The average molecular weight is 339 g/mol. The molecule has 1 aromatic carbocycles. The number of hydrogen-bond acceptors (Lipinski definition) is 4. The molecule has 0 spiro atoms. The van der Waals surface area contributed by atoms with E-state index in [1.54, 1.807) is 0 Å². The van der Waals surface area contributed by atoms with Crippen molar-refractivity contribution in [3.05, 3.63) is 51.8 Å². The molecule has 0 radical (unpaired) electrons. The van der Waals surface area contributed by atoms with Gasteiger partial charge in [0.25, 0.3) is 5.56 Å². The summed E-state index contributed by atoms with van der Waals surface area (Å²) < 4.78 is 0. The van der Waals surface area contributed by atoms with Crippen LogP contribution in [-0.4, -0.2) is 34.7 Å². The van der Waals surface area contributed by atoms with Crippen molar-refractivity contribution in [1.82, 2.24) is 4.98 Å². The number of nitrogens with one attached hydrogen (secondary N) is 1. The van der Waals surface area contributed by atoms with Crippen LogP contribution in [0.4, 0.5) is 5.69 Å². The second kappa shape index (κ2) is 5.46. The molecular formula is C19H21N3O3. The molecule has 6 nitrogen and oxygen atoms in total. The monoisotopic (exact) mass is 339 g/mol. The Morgan fingerprint density at radius 3 is 2.68 bits per heavy atom. The van der Waals surface area contributed by atoms with Crippen molar-refractivity contribution in [1.29, 1.82) is 0 Å². The van der Waals surface area contributed by atoms with Crippen molar-refractivity contribution in [2.75, 3.05) is 18.0 Å². The Morgan fingerprint density at radius 2 is 2.12 bits per heavy atom. The number of aromatic carboxylic acids is 1. The van der Waals surface area contributed by atoms with E-state index in [0.717, 1.165) is 36.3 Å². The van der Waals surface area contributed by atoms with Crippen LogP contribution in [0.3, 0.4) is 0 Å². The van der Waals surface area contributed by atoms with E-state index in [9.17, 15) is 9.59 Å². The highest BCUT2D eigenvalue weighted by Gasteiger charge is 2.57. The number of nitrogens with two attached hydrogens (primary N) is 1. The highest BCUT2D eigenvalue weighted by Crippen LogP contribution is 2.48. The lowest BCUT2D eigenvalue weighted by Crippen LogP contribution is -2.33. The molecule has 6 heteroatoms.